The molecular weight excluding hydrogens is 901 g/mol. The first-order valence-electron chi connectivity index (χ1n) is 31.1. The number of carbonyl (C=O) groups excluding carboxylic acids is 3. The number of hydrogen-bond acceptors (Lipinski definition) is 6. The highest BCUT2D eigenvalue weighted by atomic mass is 16.6. The van der Waals surface area contributed by atoms with E-state index in [1.54, 1.807) is 0 Å². The molecule has 0 N–H and O–H groups in total. The molecule has 0 unspecified atom stereocenters. The summed E-state index contributed by atoms with van der Waals surface area (Å²) in [5.74, 6) is -0.950. The molecule has 0 saturated heterocycles. The molecule has 0 fully saturated rings. The molecule has 6 heteroatoms. The second kappa shape index (κ2) is 61.1. The molecule has 0 amide bonds. The van der Waals surface area contributed by atoms with E-state index in [2.05, 4.69) is 106 Å². The molecule has 0 aromatic carbocycles. The van der Waals surface area contributed by atoms with Gasteiger partial charge >= 0.3 is 17.9 Å². The smallest absolute Gasteiger partial charge is 0.306 e. The van der Waals surface area contributed by atoms with Crippen LogP contribution in [0, 0.1) is 0 Å². The second-order valence-electron chi connectivity index (χ2n) is 20.6. The van der Waals surface area contributed by atoms with Crippen LogP contribution in [0.4, 0.5) is 0 Å². The maximum atomic E-state index is 12.9. The molecule has 0 saturated carbocycles. The fourth-order valence-electron chi connectivity index (χ4n) is 8.64. The van der Waals surface area contributed by atoms with Crippen molar-refractivity contribution in [2.24, 2.45) is 0 Å². The molecule has 73 heavy (non-hydrogen) atoms. The van der Waals surface area contributed by atoms with Crippen molar-refractivity contribution in [3.63, 3.8) is 0 Å². The van der Waals surface area contributed by atoms with Crippen molar-refractivity contribution in [1.82, 2.24) is 0 Å². The van der Waals surface area contributed by atoms with E-state index in [9.17, 15) is 14.4 Å². The Morgan fingerprint density at radius 3 is 0.863 bits per heavy atom. The van der Waals surface area contributed by atoms with E-state index in [0.717, 1.165) is 70.6 Å². The predicted molar refractivity (Wildman–Crippen MR) is 316 cm³/mol. The lowest BCUT2D eigenvalue weighted by Gasteiger charge is -2.18. The molecule has 0 bridgehead atoms. The van der Waals surface area contributed by atoms with Gasteiger partial charge in [0.25, 0.3) is 0 Å². The van der Waals surface area contributed by atoms with Crippen molar-refractivity contribution >= 4 is 17.9 Å². The van der Waals surface area contributed by atoms with Crippen LogP contribution >= 0.6 is 0 Å². The largest absolute Gasteiger partial charge is 0.462 e. The van der Waals surface area contributed by atoms with Crippen molar-refractivity contribution in [1.29, 1.82) is 0 Å². The van der Waals surface area contributed by atoms with Gasteiger partial charge in [-0.3, -0.25) is 14.4 Å². The average Bonchev–Trinajstić information content (AvgIpc) is 3.39. The Kier molecular flexibility index (Phi) is 58.3. The van der Waals surface area contributed by atoms with Crippen LogP contribution in [0.2, 0.25) is 0 Å². The summed E-state index contributed by atoms with van der Waals surface area (Å²) in [6.07, 6.45) is 80.1. The summed E-state index contributed by atoms with van der Waals surface area (Å²) in [5, 5.41) is 0. The van der Waals surface area contributed by atoms with Crippen LogP contribution in [0.15, 0.2) is 85.1 Å². The highest BCUT2D eigenvalue weighted by Crippen LogP contribution is 2.15. The standard InChI is InChI=1S/C67H116O6/c1-4-7-10-13-16-19-22-25-28-31-33-36-39-42-45-48-51-54-57-60-66(69)72-63-64(62-71-65(68)59-56-53-50-47-44-41-38-35-30-27-24-21-18-15-12-9-6-3)73-67(70)61-58-55-52-49-46-43-40-37-34-32-29-26-23-20-17-14-11-8-5-2/h17-18,20-21,25-30,38,41,47,50,64H,4-16,19,22-24,31-37,39-40,42-46,48-49,51-63H2,1-3H3/b20-17-,21-18-,28-25-,29-26-,30-27-,41-38-,50-47-/t64-/m1/s1. The minimum atomic E-state index is -0.803. The number of esters is 3. The molecule has 6 nitrogen and oxygen atoms in total. The molecule has 0 aliphatic carbocycles. The summed E-state index contributed by atoms with van der Waals surface area (Å²) in [5.41, 5.74) is 0. The minimum Gasteiger partial charge on any atom is -0.462 e. The van der Waals surface area contributed by atoms with Gasteiger partial charge in [0, 0.05) is 19.3 Å². The third-order valence-corrected chi connectivity index (χ3v) is 13.3. The number of hydrogen-bond donors (Lipinski definition) is 0. The van der Waals surface area contributed by atoms with Crippen molar-refractivity contribution < 1.29 is 28.6 Å². The van der Waals surface area contributed by atoms with E-state index in [1.165, 1.54) is 186 Å². The van der Waals surface area contributed by atoms with E-state index in [-0.39, 0.29) is 37.5 Å². The zero-order valence-corrected chi connectivity index (χ0v) is 48.1. The fourth-order valence-corrected chi connectivity index (χ4v) is 8.64. The molecule has 0 aromatic heterocycles. The molecule has 0 aliphatic heterocycles. The van der Waals surface area contributed by atoms with Gasteiger partial charge in [0.05, 0.1) is 0 Å². The molecule has 0 heterocycles. The summed E-state index contributed by atoms with van der Waals surface area (Å²) in [4.78, 5) is 38.3. The number of ether oxygens (including phenoxy) is 3. The lowest BCUT2D eigenvalue weighted by Crippen LogP contribution is -2.30. The summed E-state index contributed by atoms with van der Waals surface area (Å²) in [7, 11) is 0. The van der Waals surface area contributed by atoms with Crippen LogP contribution in [0.3, 0.4) is 0 Å². The van der Waals surface area contributed by atoms with E-state index < -0.39 is 6.10 Å². The molecule has 1 atom stereocenters. The monoisotopic (exact) mass is 1020 g/mol. The quantitative estimate of drug-likeness (QED) is 0.0261. The van der Waals surface area contributed by atoms with Crippen LogP contribution in [0.5, 0.6) is 0 Å². The Bertz CT molecular complexity index is 1400. The summed E-state index contributed by atoms with van der Waals surface area (Å²) >= 11 is 0. The first kappa shape index (κ1) is 69.6. The number of allylic oxidation sites excluding steroid dienone is 14. The van der Waals surface area contributed by atoms with Gasteiger partial charge in [-0.05, 0) is 116 Å². The lowest BCUT2D eigenvalue weighted by atomic mass is 10.1. The van der Waals surface area contributed by atoms with Gasteiger partial charge in [0.15, 0.2) is 6.10 Å². The summed E-state index contributed by atoms with van der Waals surface area (Å²) < 4.78 is 16.9. The third kappa shape index (κ3) is 59.3. The van der Waals surface area contributed by atoms with Crippen LogP contribution in [0.25, 0.3) is 0 Å². The minimum absolute atomic E-state index is 0.0954. The molecule has 0 rings (SSSR count). The molecule has 0 spiro atoms. The molecule has 420 valence electrons. The summed E-state index contributed by atoms with van der Waals surface area (Å²) in [6, 6.07) is 0. The topological polar surface area (TPSA) is 78.9 Å². The Hall–Kier alpha value is -3.41. The first-order chi connectivity index (χ1) is 36.0. The van der Waals surface area contributed by atoms with Crippen LogP contribution in [0.1, 0.15) is 303 Å². The zero-order chi connectivity index (χ0) is 52.9. The number of carbonyl (C=O) groups is 3. The number of rotatable bonds is 56. The maximum absolute atomic E-state index is 12.9. The predicted octanol–water partition coefficient (Wildman–Crippen LogP) is 21.1. The maximum Gasteiger partial charge on any atom is 0.306 e. The average molecular weight is 1020 g/mol. The fraction of sp³-hybridized carbons (Fsp3) is 0.746. The van der Waals surface area contributed by atoms with Crippen molar-refractivity contribution in [2.75, 3.05) is 13.2 Å². The van der Waals surface area contributed by atoms with Gasteiger partial charge < -0.3 is 14.2 Å². The molecule has 0 radical (unpaired) electrons. The van der Waals surface area contributed by atoms with Crippen molar-refractivity contribution in [3.8, 4) is 0 Å². The van der Waals surface area contributed by atoms with Gasteiger partial charge in [0.1, 0.15) is 13.2 Å². The van der Waals surface area contributed by atoms with Gasteiger partial charge in [-0.25, -0.2) is 0 Å². The Morgan fingerprint density at radius 1 is 0.274 bits per heavy atom. The van der Waals surface area contributed by atoms with E-state index in [1.807, 2.05) is 0 Å². The highest BCUT2D eigenvalue weighted by Gasteiger charge is 2.19. The first-order valence-corrected chi connectivity index (χ1v) is 31.1. The van der Waals surface area contributed by atoms with E-state index in [0.29, 0.717) is 19.3 Å². The molecule has 0 aliphatic rings. The number of unbranched alkanes of at least 4 members (excludes halogenated alkanes) is 31. The van der Waals surface area contributed by atoms with E-state index >= 15 is 0 Å². The van der Waals surface area contributed by atoms with Crippen LogP contribution in [-0.2, 0) is 28.6 Å². The van der Waals surface area contributed by atoms with Crippen LogP contribution in [-0.4, -0.2) is 37.2 Å². The Morgan fingerprint density at radius 2 is 0.507 bits per heavy atom. The van der Waals surface area contributed by atoms with Gasteiger partial charge in [0.2, 0.25) is 0 Å². The van der Waals surface area contributed by atoms with Crippen molar-refractivity contribution in [3.05, 3.63) is 85.1 Å². The normalized spacial score (nSPS) is 12.6. The third-order valence-electron chi connectivity index (χ3n) is 13.3. The van der Waals surface area contributed by atoms with Gasteiger partial charge in [-0.15, -0.1) is 0 Å². The lowest BCUT2D eigenvalue weighted by molar-refractivity contribution is -0.167. The second-order valence-corrected chi connectivity index (χ2v) is 20.6. The highest BCUT2D eigenvalue weighted by molar-refractivity contribution is 5.71. The van der Waals surface area contributed by atoms with Gasteiger partial charge in [-0.2, -0.15) is 0 Å². The summed E-state index contributed by atoms with van der Waals surface area (Å²) in [6.45, 7) is 6.56. The molecular formula is C67H116O6. The van der Waals surface area contributed by atoms with E-state index in [4.69, 9.17) is 14.2 Å². The SMILES string of the molecule is CCCCC/C=C\C/C=C\C/C=C\C/C=C\CCCC(=O)OC[C@H](COC(=O)CCCCCCCCCCC/C=C\CCCCCCCC)OC(=O)CCCCCCCCCCC/C=C\C/C=C\CCCCC. The molecule has 0 aromatic rings. The Labute approximate surface area is 452 Å². The zero-order valence-electron chi connectivity index (χ0n) is 48.1. The van der Waals surface area contributed by atoms with Crippen LogP contribution < -0.4 is 0 Å². The van der Waals surface area contributed by atoms with Crippen molar-refractivity contribution in [2.45, 2.75) is 309 Å². The Balaban J connectivity index is 4.45. The van der Waals surface area contributed by atoms with Gasteiger partial charge in [-0.1, -0.05) is 254 Å².